The van der Waals surface area contributed by atoms with Gasteiger partial charge in [-0.2, -0.15) is 0 Å². The number of rotatable bonds is 10. The first-order valence-electron chi connectivity index (χ1n) is 12.4. The number of pyridine rings is 1. The molecule has 0 radical (unpaired) electrons. The number of benzene rings is 1. The summed E-state index contributed by atoms with van der Waals surface area (Å²) in [6.45, 7) is 6.46. The molecule has 0 saturated heterocycles. The van der Waals surface area contributed by atoms with Crippen molar-refractivity contribution in [1.29, 1.82) is 0 Å². The fraction of sp³-hybridized carbons (Fsp3) is 0.345. The molecule has 0 amide bonds. The van der Waals surface area contributed by atoms with Crippen molar-refractivity contribution < 1.29 is 0 Å². The third-order valence-corrected chi connectivity index (χ3v) is 6.13. The fourth-order valence-electron chi connectivity index (χ4n) is 4.27. The molecule has 0 aliphatic heterocycles. The van der Waals surface area contributed by atoms with Crippen LogP contribution >= 0.6 is 0 Å². The van der Waals surface area contributed by atoms with Gasteiger partial charge in [0.05, 0.1) is 11.4 Å². The Labute approximate surface area is 202 Å². The second-order valence-electron chi connectivity index (χ2n) is 8.92. The summed E-state index contributed by atoms with van der Waals surface area (Å²) in [5.41, 5.74) is 6.07. The second-order valence-corrected chi connectivity index (χ2v) is 8.92. The number of nitrogens with zero attached hydrogens (tertiary/aromatic N) is 4. The quantitative estimate of drug-likeness (QED) is 0.460. The Bertz CT molecular complexity index is 1300. The third kappa shape index (κ3) is 5.97. The molecular formula is C29H35N5. The number of allylic oxidation sites excluding steroid dienone is 4. The lowest BCUT2D eigenvalue weighted by Gasteiger charge is -2.08. The lowest BCUT2D eigenvalue weighted by molar-refractivity contribution is 0.600. The molecule has 2 heterocycles. The predicted molar refractivity (Wildman–Crippen MR) is 141 cm³/mol. The average molecular weight is 454 g/mol. The van der Waals surface area contributed by atoms with Gasteiger partial charge >= 0.3 is 0 Å². The number of nitrogens with one attached hydrogen (secondary N) is 1. The standard InChI is InChI=1S/C29H35N5/c1-4-5-18-30-19-9-8-13-23-12-6-7-14-24-16-17-25(21-26(24)20-23)29-28(32-33-34(29)3)27-15-10-11-22(2)31-27/h6-7,10-12,14-17,20-21,30H,4-5,8-9,13,18-19H2,1-3H3/b7-6+,12-6?,14-7?,23-12-,23-20?,24-14+,26-20-. The minimum atomic E-state index is 0.812. The highest BCUT2D eigenvalue weighted by atomic mass is 15.4. The Hall–Kier alpha value is -3.31. The van der Waals surface area contributed by atoms with E-state index in [1.165, 1.54) is 41.7 Å². The normalized spacial score (nSPS) is 17.3. The molecule has 5 heteroatoms. The maximum absolute atomic E-state index is 4.68. The zero-order chi connectivity index (χ0) is 23.8. The van der Waals surface area contributed by atoms with Crippen molar-refractivity contribution in [2.45, 2.75) is 46.0 Å². The van der Waals surface area contributed by atoms with Crippen LogP contribution in [0.5, 0.6) is 0 Å². The largest absolute Gasteiger partial charge is 0.317 e. The summed E-state index contributed by atoms with van der Waals surface area (Å²) in [5.74, 6) is 0. The number of aryl methyl sites for hydroxylation is 2. The lowest BCUT2D eigenvalue weighted by atomic mass is 10.0. The number of unbranched alkanes of at least 4 members (excludes halogenated alkanes) is 2. The number of aromatic nitrogens is 4. The maximum Gasteiger partial charge on any atom is 0.139 e. The van der Waals surface area contributed by atoms with Crippen LogP contribution in [-0.4, -0.2) is 33.1 Å². The van der Waals surface area contributed by atoms with Gasteiger partial charge in [-0.05, 0) is 79.9 Å². The van der Waals surface area contributed by atoms with Crippen molar-refractivity contribution in [2.24, 2.45) is 7.05 Å². The van der Waals surface area contributed by atoms with Crippen molar-refractivity contribution in [2.75, 3.05) is 13.1 Å². The topological polar surface area (TPSA) is 55.6 Å². The molecule has 1 N–H and O–H groups in total. The van der Waals surface area contributed by atoms with Gasteiger partial charge in [0.2, 0.25) is 0 Å². The summed E-state index contributed by atoms with van der Waals surface area (Å²) in [6, 6.07) is 12.6. The van der Waals surface area contributed by atoms with Crippen LogP contribution in [0.4, 0.5) is 0 Å². The molecule has 4 rings (SSSR count). The van der Waals surface area contributed by atoms with Crippen LogP contribution in [0.3, 0.4) is 0 Å². The zero-order valence-corrected chi connectivity index (χ0v) is 20.6. The molecule has 0 fully saturated rings. The summed E-state index contributed by atoms with van der Waals surface area (Å²) in [4.78, 5) is 4.68. The molecule has 1 aromatic carbocycles. The fourth-order valence-corrected chi connectivity index (χ4v) is 4.27. The molecule has 34 heavy (non-hydrogen) atoms. The number of fused-ring (bicyclic) bond motifs is 1. The van der Waals surface area contributed by atoms with Gasteiger partial charge in [-0.15, -0.1) is 5.10 Å². The van der Waals surface area contributed by atoms with E-state index < -0.39 is 0 Å². The summed E-state index contributed by atoms with van der Waals surface area (Å²) in [6.07, 6.45) is 17.0. The molecule has 1 aliphatic rings. The molecule has 0 bridgehead atoms. The predicted octanol–water partition coefficient (Wildman–Crippen LogP) is 4.47. The van der Waals surface area contributed by atoms with Crippen molar-refractivity contribution in [1.82, 2.24) is 25.3 Å². The summed E-state index contributed by atoms with van der Waals surface area (Å²) >= 11 is 0. The Morgan fingerprint density at radius 3 is 2.65 bits per heavy atom. The molecule has 0 saturated carbocycles. The average Bonchev–Trinajstić information content (AvgIpc) is 3.21. The van der Waals surface area contributed by atoms with E-state index in [9.17, 15) is 0 Å². The maximum atomic E-state index is 4.68. The molecule has 3 aromatic rings. The van der Waals surface area contributed by atoms with Crippen LogP contribution in [0.1, 0.15) is 44.7 Å². The third-order valence-electron chi connectivity index (χ3n) is 6.13. The van der Waals surface area contributed by atoms with Crippen LogP contribution in [0.15, 0.2) is 60.2 Å². The van der Waals surface area contributed by atoms with Crippen LogP contribution in [0, 0.1) is 6.92 Å². The molecule has 0 unspecified atom stereocenters. The second kappa shape index (κ2) is 11.7. The summed E-state index contributed by atoms with van der Waals surface area (Å²) in [7, 11) is 1.94. The Balaban J connectivity index is 1.60. The van der Waals surface area contributed by atoms with Gasteiger partial charge < -0.3 is 5.32 Å². The van der Waals surface area contributed by atoms with Gasteiger partial charge in [-0.1, -0.05) is 67.1 Å². The van der Waals surface area contributed by atoms with Gasteiger partial charge in [0, 0.05) is 18.3 Å². The van der Waals surface area contributed by atoms with Crippen LogP contribution in [0.25, 0.3) is 34.8 Å². The van der Waals surface area contributed by atoms with Crippen LogP contribution in [0.2, 0.25) is 0 Å². The van der Waals surface area contributed by atoms with E-state index in [1.54, 1.807) is 0 Å². The van der Waals surface area contributed by atoms with E-state index in [1.807, 2.05) is 36.9 Å². The van der Waals surface area contributed by atoms with E-state index in [0.717, 1.165) is 47.8 Å². The van der Waals surface area contributed by atoms with Crippen LogP contribution < -0.4 is 15.8 Å². The number of hydrogen-bond donors (Lipinski definition) is 1. The molecule has 5 nitrogen and oxygen atoms in total. The Morgan fingerprint density at radius 2 is 1.79 bits per heavy atom. The van der Waals surface area contributed by atoms with Gasteiger partial charge in [0.15, 0.2) is 0 Å². The highest BCUT2D eigenvalue weighted by Crippen LogP contribution is 2.27. The van der Waals surface area contributed by atoms with Crippen molar-refractivity contribution in [3.63, 3.8) is 0 Å². The molecule has 0 spiro atoms. The monoisotopic (exact) mass is 453 g/mol. The van der Waals surface area contributed by atoms with Crippen molar-refractivity contribution in [3.8, 4) is 22.6 Å². The van der Waals surface area contributed by atoms with E-state index in [0.29, 0.717) is 0 Å². The van der Waals surface area contributed by atoms with E-state index in [4.69, 9.17) is 0 Å². The minimum Gasteiger partial charge on any atom is -0.317 e. The van der Waals surface area contributed by atoms with Gasteiger partial charge in [-0.25, -0.2) is 4.68 Å². The molecular weight excluding hydrogens is 418 g/mol. The molecule has 0 atom stereocenters. The van der Waals surface area contributed by atoms with Gasteiger partial charge in [-0.3, -0.25) is 4.98 Å². The first-order chi connectivity index (χ1) is 16.7. The summed E-state index contributed by atoms with van der Waals surface area (Å²) in [5, 5.41) is 14.7. The molecule has 176 valence electrons. The lowest BCUT2D eigenvalue weighted by Crippen LogP contribution is -2.25. The Morgan fingerprint density at radius 1 is 0.941 bits per heavy atom. The first kappa shape index (κ1) is 23.8. The molecule has 1 aliphatic carbocycles. The Kier molecular flexibility index (Phi) is 8.21. The minimum absolute atomic E-state index is 0.812. The van der Waals surface area contributed by atoms with Gasteiger partial charge in [0.1, 0.15) is 5.69 Å². The van der Waals surface area contributed by atoms with Crippen molar-refractivity contribution >= 4 is 12.2 Å². The number of hydrogen-bond acceptors (Lipinski definition) is 4. The zero-order valence-electron chi connectivity index (χ0n) is 20.6. The smallest absolute Gasteiger partial charge is 0.139 e. The molecule has 2 aromatic heterocycles. The van der Waals surface area contributed by atoms with Crippen LogP contribution in [-0.2, 0) is 7.05 Å². The van der Waals surface area contributed by atoms with E-state index >= 15 is 0 Å². The first-order valence-corrected chi connectivity index (χ1v) is 12.4. The SMILES string of the molecule is CCCCNCCCCC1=C/C=C/C=c2\ccc(-c3c(-c4cccc(C)n4)nnn3C)c\c2=C\1. The highest BCUT2D eigenvalue weighted by Gasteiger charge is 2.16. The van der Waals surface area contributed by atoms with E-state index in [-0.39, 0.29) is 0 Å². The van der Waals surface area contributed by atoms with E-state index in [2.05, 4.69) is 76.1 Å². The van der Waals surface area contributed by atoms with Gasteiger partial charge in [0.25, 0.3) is 0 Å². The highest BCUT2D eigenvalue weighted by molar-refractivity contribution is 5.76. The summed E-state index contributed by atoms with van der Waals surface area (Å²) < 4.78 is 1.84. The van der Waals surface area contributed by atoms with Crippen molar-refractivity contribution in [3.05, 3.63) is 76.3 Å².